The standard InChI is InChI=1S/C23H14N2O/c1-2-6-17-16(5-1)13-24-14-22(17)25-20-8-4-3-7-18(20)19-12-23-15(9-10-26-23)11-21(19)25/h1-14H. The van der Waals surface area contributed by atoms with Crippen LogP contribution >= 0.6 is 0 Å². The Hall–Kier alpha value is -3.59. The number of hydrogen-bond acceptors (Lipinski definition) is 2. The predicted molar refractivity (Wildman–Crippen MR) is 106 cm³/mol. The number of fused-ring (bicyclic) bond motifs is 5. The quantitative estimate of drug-likeness (QED) is 0.365. The lowest BCUT2D eigenvalue weighted by Crippen LogP contribution is -1.96. The molecule has 0 aliphatic carbocycles. The molecule has 0 bridgehead atoms. The highest BCUT2D eigenvalue weighted by atomic mass is 16.3. The van der Waals surface area contributed by atoms with Gasteiger partial charge in [-0.1, -0.05) is 42.5 Å². The van der Waals surface area contributed by atoms with E-state index in [4.69, 9.17) is 4.42 Å². The van der Waals surface area contributed by atoms with E-state index in [-0.39, 0.29) is 0 Å². The summed E-state index contributed by atoms with van der Waals surface area (Å²) in [5, 5.41) is 5.84. The molecular formula is C23H14N2O. The zero-order valence-electron chi connectivity index (χ0n) is 13.9. The van der Waals surface area contributed by atoms with Crippen molar-refractivity contribution in [2.24, 2.45) is 0 Å². The lowest BCUT2D eigenvalue weighted by Gasteiger charge is -2.10. The van der Waals surface area contributed by atoms with Gasteiger partial charge in [-0.25, -0.2) is 0 Å². The van der Waals surface area contributed by atoms with E-state index in [1.807, 2.05) is 18.5 Å². The summed E-state index contributed by atoms with van der Waals surface area (Å²) in [6, 6.07) is 23.2. The van der Waals surface area contributed by atoms with Crippen molar-refractivity contribution in [1.29, 1.82) is 0 Å². The highest BCUT2D eigenvalue weighted by Gasteiger charge is 2.15. The average Bonchev–Trinajstić information content (AvgIpc) is 3.27. The topological polar surface area (TPSA) is 31.0 Å². The fourth-order valence-corrected chi connectivity index (χ4v) is 3.96. The lowest BCUT2D eigenvalue weighted by atomic mass is 10.1. The van der Waals surface area contributed by atoms with Crippen molar-refractivity contribution in [3.8, 4) is 5.69 Å². The zero-order valence-corrected chi connectivity index (χ0v) is 13.9. The molecule has 0 amide bonds. The second-order valence-electron chi connectivity index (χ2n) is 6.56. The third kappa shape index (κ3) is 1.74. The number of benzene rings is 3. The first-order valence-corrected chi connectivity index (χ1v) is 8.64. The Balaban J connectivity index is 1.87. The van der Waals surface area contributed by atoms with Gasteiger partial charge in [-0.3, -0.25) is 4.98 Å². The molecule has 6 aromatic rings. The Labute approximate surface area is 149 Å². The molecule has 3 heterocycles. The molecular weight excluding hydrogens is 320 g/mol. The van der Waals surface area contributed by atoms with E-state index in [9.17, 15) is 0 Å². The third-order valence-electron chi connectivity index (χ3n) is 5.13. The van der Waals surface area contributed by atoms with E-state index in [0.29, 0.717) is 0 Å². The van der Waals surface area contributed by atoms with E-state index in [2.05, 4.69) is 70.2 Å². The molecule has 0 fully saturated rings. The minimum atomic E-state index is 0.913. The maximum Gasteiger partial charge on any atom is 0.134 e. The molecule has 0 aliphatic heterocycles. The summed E-state index contributed by atoms with van der Waals surface area (Å²) in [5.74, 6) is 0. The normalized spacial score (nSPS) is 11.8. The van der Waals surface area contributed by atoms with Crippen molar-refractivity contribution in [2.45, 2.75) is 0 Å². The summed E-state index contributed by atoms with van der Waals surface area (Å²) < 4.78 is 7.95. The van der Waals surface area contributed by atoms with E-state index >= 15 is 0 Å². The molecule has 0 atom stereocenters. The second-order valence-corrected chi connectivity index (χ2v) is 6.56. The third-order valence-corrected chi connectivity index (χ3v) is 5.13. The minimum Gasteiger partial charge on any atom is -0.464 e. The van der Waals surface area contributed by atoms with Crippen LogP contribution in [0.1, 0.15) is 0 Å². The molecule has 6 rings (SSSR count). The van der Waals surface area contributed by atoms with Gasteiger partial charge < -0.3 is 8.98 Å². The van der Waals surface area contributed by atoms with Crippen LogP contribution in [-0.4, -0.2) is 9.55 Å². The summed E-state index contributed by atoms with van der Waals surface area (Å²) in [7, 11) is 0. The van der Waals surface area contributed by atoms with Crippen LogP contribution in [0.2, 0.25) is 0 Å². The van der Waals surface area contributed by atoms with Crippen LogP contribution in [0.4, 0.5) is 0 Å². The van der Waals surface area contributed by atoms with Crippen LogP contribution in [0, 0.1) is 0 Å². The maximum atomic E-state index is 5.64. The summed E-state index contributed by atoms with van der Waals surface area (Å²) in [5.41, 5.74) is 4.35. The maximum absolute atomic E-state index is 5.64. The predicted octanol–water partition coefficient (Wildman–Crippen LogP) is 6.08. The van der Waals surface area contributed by atoms with Gasteiger partial charge in [0.2, 0.25) is 0 Å². The van der Waals surface area contributed by atoms with Gasteiger partial charge in [0.05, 0.1) is 29.2 Å². The summed E-state index contributed by atoms with van der Waals surface area (Å²) in [6.45, 7) is 0. The highest BCUT2D eigenvalue weighted by Crippen LogP contribution is 2.36. The largest absolute Gasteiger partial charge is 0.464 e. The smallest absolute Gasteiger partial charge is 0.134 e. The van der Waals surface area contributed by atoms with Gasteiger partial charge in [0.15, 0.2) is 0 Å². The van der Waals surface area contributed by atoms with Crippen molar-refractivity contribution in [3.05, 3.63) is 85.4 Å². The van der Waals surface area contributed by atoms with Crippen molar-refractivity contribution in [1.82, 2.24) is 9.55 Å². The SMILES string of the molecule is c1ccc2c(-n3c4ccccc4c4cc5occc5cc43)cncc2c1. The van der Waals surface area contributed by atoms with E-state index < -0.39 is 0 Å². The van der Waals surface area contributed by atoms with Crippen molar-refractivity contribution >= 4 is 43.5 Å². The molecule has 3 nitrogen and oxygen atoms in total. The van der Waals surface area contributed by atoms with Crippen LogP contribution in [-0.2, 0) is 0 Å². The van der Waals surface area contributed by atoms with Crippen LogP contribution in [0.5, 0.6) is 0 Å². The van der Waals surface area contributed by atoms with Gasteiger partial charge in [0, 0.05) is 33.1 Å². The zero-order chi connectivity index (χ0) is 17.1. The van der Waals surface area contributed by atoms with Gasteiger partial charge in [-0.05, 0) is 24.3 Å². The first-order chi connectivity index (χ1) is 12.9. The molecule has 0 spiro atoms. The number of hydrogen-bond donors (Lipinski definition) is 0. The van der Waals surface area contributed by atoms with E-state index in [0.717, 1.165) is 22.0 Å². The fourth-order valence-electron chi connectivity index (χ4n) is 3.96. The van der Waals surface area contributed by atoms with Crippen molar-refractivity contribution in [3.63, 3.8) is 0 Å². The molecule has 0 radical (unpaired) electrons. The Morgan fingerprint density at radius 3 is 2.50 bits per heavy atom. The number of furan rings is 1. The van der Waals surface area contributed by atoms with Crippen molar-refractivity contribution < 1.29 is 4.42 Å². The molecule has 0 aliphatic rings. The Bertz CT molecular complexity index is 1430. The van der Waals surface area contributed by atoms with Gasteiger partial charge in [-0.15, -0.1) is 0 Å². The van der Waals surface area contributed by atoms with Crippen LogP contribution < -0.4 is 0 Å². The number of aromatic nitrogens is 2. The van der Waals surface area contributed by atoms with Gasteiger partial charge >= 0.3 is 0 Å². The van der Waals surface area contributed by atoms with Crippen LogP contribution in [0.25, 0.3) is 49.2 Å². The molecule has 0 saturated carbocycles. The minimum absolute atomic E-state index is 0.913. The summed E-state index contributed by atoms with van der Waals surface area (Å²) in [6.07, 6.45) is 5.62. The number of nitrogens with zero attached hydrogens (tertiary/aromatic N) is 2. The van der Waals surface area contributed by atoms with Crippen molar-refractivity contribution in [2.75, 3.05) is 0 Å². The van der Waals surface area contributed by atoms with Gasteiger partial charge in [-0.2, -0.15) is 0 Å². The van der Waals surface area contributed by atoms with E-state index in [1.54, 1.807) is 6.26 Å². The van der Waals surface area contributed by atoms with Crippen LogP contribution in [0.15, 0.2) is 89.8 Å². The first kappa shape index (κ1) is 13.7. The Morgan fingerprint density at radius 2 is 1.54 bits per heavy atom. The molecule has 0 N–H and O–H groups in total. The molecule has 3 heteroatoms. The molecule has 122 valence electrons. The highest BCUT2D eigenvalue weighted by molar-refractivity contribution is 6.13. The Kier molecular flexibility index (Phi) is 2.61. The average molecular weight is 334 g/mol. The lowest BCUT2D eigenvalue weighted by molar-refractivity contribution is 0.616. The summed E-state index contributed by atoms with van der Waals surface area (Å²) >= 11 is 0. The van der Waals surface area contributed by atoms with Gasteiger partial charge in [0.1, 0.15) is 5.58 Å². The molecule has 26 heavy (non-hydrogen) atoms. The Morgan fingerprint density at radius 1 is 0.692 bits per heavy atom. The molecule has 0 saturated heterocycles. The fraction of sp³-hybridized carbons (Fsp3) is 0. The molecule has 3 aromatic heterocycles. The summed E-state index contributed by atoms with van der Waals surface area (Å²) in [4.78, 5) is 4.50. The monoisotopic (exact) mass is 334 g/mol. The first-order valence-electron chi connectivity index (χ1n) is 8.64. The van der Waals surface area contributed by atoms with Gasteiger partial charge in [0.25, 0.3) is 0 Å². The van der Waals surface area contributed by atoms with Crippen LogP contribution in [0.3, 0.4) is 0 Å². The number of rotatable bonds is 1. The van der Waals surface area contributed by atoms with E-state index in [1.165, 1.54) is 27.2 Å². The number of pyridine rings is 1. The molecule has 3 aromatic carbocycles. The second kappa shape index (κ2) is 4.96. The number of para-hydroxylation sites is 1. The molecule has 0 unspecified atom stereocenters.